The Balaban J connectivity index is 1.78. The fourth-order valence-electron chi connectivity index (χ4n) is 3.01. The van der Waals surface area contributed by atoms with Crippen LogP contribution in [0.1, 0.15) is 30.9 Å². The summed E-state index contributed by atoms with van der Waals surface area (Å²) in [5, 5.41) is 8.42. The predicted octanol–water partition coefficient (Wildman–Crippen LogP) is 3.04. The Morgan fingerprint density at radius 2 is 1.62 bits per heavy atom. The van der Waals surface area contributed by atoms with Gasteiger partial charge in [0.25, 0.3) is 0 Å². The lowest BCUT2D eigenvalue weighted by Crippen LogP contribution is -2.42. The molecule has 0 bridgehead atoms. The minimum atomic E-state index is -3.34. The largest absolute Gasteiger partial charge is 0.379 e. The molecule has 1 N–H and O–H groups in total. The van der Waals surface area contributed by atoms with Gasteiger partial charge >= 0.3 is 0 Å². The Bertz CT molecular complexity index is 898. The number of rotatable bonds is 5. The van der Waals surface area contributed by atoms with Crippen LogP contribution in [0.3, 0.4) is 0 Å². The molecule has 1 heterocycles. The zero-order chi connectivity index (χ0) is 18.7. The van der Waals surface area contributed by atoms with Gasteiger partial charge in [-0.1, -0.05) is 36.4 Å². The van der Waals surface area contributed by atoms with E-state index in [-0.39, 0.29) is 12.0 Å². The maximum absolute atomic E-state index is 12.2. The van der Waals surface area contributed by atoms with E-state index in [1.165, 1.54) is 0 Å². The molecule has 1 aliphatic heterocycles. The van der Waals surface area contributed by atoms with Gasteiger partial charge in [0.1, 0.15) is 0 Å². The monoisotopic (exact) mass is 370 g/mol. The third-order valence-corrected chi connectivity index (χ3v) is 6.58. The van der Waals surface area contributed by atoms with Crippen molar-refractivity contribution in [1.29, 1.82) is 5.26 Å². The van der Waals surface area contributed by atoms with E-state index in [1.54, 1.807) is 26.0 Å². The lowest BCUT2D eigenvalue weighted by atomic mass is 9.93. The molecular weight excluding hydrogens is 348 g/mol. The Labute approximate surface area is 154 Å². The standard InChI is InChI=1S/C20H22N2O3S/c1-14(2)26(23,24)22-20-13-25-12-19(20)18-9-7-17(8-10-18)16-5-3-15(11-21)4-6-16/h3-10,14,19-20,22H,12-13H2,1-2H3. The number of nitriles is 1. The zero-order valence-corrected chi connectivity index (χ0v) is 15.7. The molecule has 0 aliphatic carbocycles. The van der Waals surface area contributed by atoms with Crippen LogP contribution >= 0.6 is 0 Å². The molecule has 26 heavy (non-hydrogen) atoms. The molecule has 2 aromatic rings. The van der Waals surface area contributed by atoms with E-state index in [1.807, 2.05) is 36.4 Å². The molecule has 1 saturated heterocycles. The van der Waals surface area contributed by atoms with Crippen LogP contribution in [0.4, 0.5) is 0 Å². The van der Waals surface area contributed by atoms with Gasteiger partial charge in [-0.25, -0.2) is 13.1 Å². The summed E-state index contributed by atoms with van der Waals surface area (Å²) in [4.78, 5) is 0. The third-order valence-electron chi connectivity index (χ3n) is 4.70. The second-order valence-corrected chi connectivity index (χ2v) is 9.04. The number of sulfonamides is 1. The highest BCUT2D eigenvalue weighted by molar-refractivity contribution is 7.90. The van der Waals surface area contributed by atoms with Gasteiger partial charge in [-0.15, -0.1) is 0 Å². The van der Waals surface area contributed by atoms with Crippen LogP contribution in [0.15, 0.2) is 48.5 Å². The number of hydrogen-bond acceptors (Lipinski definition) is 4. The third kappa shape index (κ3) is 3.96. The summed E-state index contributed by atoms with van der Waals surface area (Å²) in [6.07, 6.45) is 0. The quantitative estimate of drug-likeness (QED) is 0.877. The van der Waals surface area contributed by atoms with Crippen LogP contribution in [-0.4, -0.2) is 32.9 Å². The summed E-state index contributed by atoms with van der Waals surface area (Å²) >= 11 is 0. The fraction of sp³-hybridized carbons (Fsp3) is 0.350. The van der Waals surface area contributed by atoms with Crippen molar-refractivity contribution in [2.24, 2.45) is 0 Å². The van der Waals surface area contributed by atoms with Crippen LogP contribution in [0.25, 0.3) is 11.1 Å². The smallest absolute Gasteiger partial charge is 0.214 e. The average Bonchev–Trinajstić information content (AvgIpc) is 3.09. The molecule has 2 atom stereocenters. The van der Waals surface area contributed by atoms with E-state index in [4.69, 9.17) is 10.00 Å². The second kappa shape index (κ2) is 7.58. The van der Waals surface area contributed by atoms with Gasteiger partial charge in [0.2, 0.25) is 10.0 Å². The minimum Gasteiger partial charge on any atom is -0.379 e. The van der Waals surface area contributed by atoms with Crippen molar-refractivity contribution >= 4 is 10.0 Å². The first kappa shape index (κ1) is 18.6. The summed E-state index contributed by atoms with van der Waals surface area (Å²) in [6.45, 7) is 4.22. The molecule has 2 aromatic carbocycles. The molecule has 1 fully saturated rings. The molecule has 3 rings (SSSR count). The van der Waals surface area contributed by atoms with Gasteiger partial charge in [-0.05, 0) is 42.7 Å². The second-order valence-electron chi connectivity index (χ2n) is 6.77. The highest BCUT2D eigenvalue weighted by atomic mass is 32.2. The Kier molecular flexibility index (Phi) is 5.42. The molecule has 136 valence electrons. The molecule has 6 heteroatoms. The van der Waals surface area contributed by atoms with Crippen LogP contribution in [-0.2, 0) is 14.8 Å². The molecule has 1 aliphatic rings. The van der Waals surface area contributed by atoms with Crippen LogP contribution < -0.4 is 4.72 Å². The van der Waals surface area contributed by atoms with Crippen molar-refractivity contribution in [3.63, 3.8) is 0 Å². The van der Waals surface area contributed by atoms with Crippen LogP contribution in [0, 0.1) is 11.3 Å². The maximum Gasteiger partial charge on any atom is 0.214 e. The lowest BCUT2D eigenvalue weighted by Gasteiger charge is -2.21. The first-order chi connectivity index (χ1) is 12.4. The zero-order valence-electron chi connectivity index (χ0n) is 14.8. The SMILES string of the molecule is CC(C)S(=O)(=O)NC1COCC1c1ccc(-c2ccc(C#N)cc2)cc1. The van der Waals surface area contributed by atoms with Crippen molar-refractivity contribution in [3.05, 3.63) is 59.7 Å². The number of ether oxygens (including phenoxy) is 1. The van der Waals surface area contributed by atoms with Crippen LogP contribution in [0.5, 0.6) is 0 Å². The van der Waals surface area contributed by atoms with Gasteiger partial charge in [0.05, 0.1) is 36.1 Å². The van der Waals surface area contributed by atoms with Gasteiger partial charge in [-0.3, -0.25) is 0 Å². The average molecular weight is 370 g/mol. The van der Waals surface area contributed by atoms with E-state index in [0.717, 1.165) is 16.7 Å². The summed E-state index contributed by atoms with van der Waals surface area (Å²) < 4.78 is 32.6. The fourth-order valence-corrected chi connectivity index (χ4v) is 3.93. The van der Waals surface area contributed by atoms with E-state index in [0.29, 0.717) is 18.8 Å². The van der Waals surface area contributed by atoms with Crippen molar-refractivity contribution in [3.8, 4) is 17.2 Å². The summed E-state index contributed by atoms with van der Waals surface area (Å²) in [6, 6.07) is 17.4. The first-order valence-corrected chi connectivity index (χ1v) is 10.1. The summed E-state index contributed by atoms with van der Waals surface area (Å²) in [5.74, 6) is -0.00135. The van der Waals surface area contributed by atoms with E-state index < -0.39 is 15.3 Å². The molecule has 5 nitrogen and oxygen atoms in total. The highest BCUT2D eigenvalue weighted by Gasteiger charge is 2.33. The Morgan fingerprint density at radius 3 is 2.15 bits per heavy atom. The van der Waals surface area contributed by atoms with Crippen LogP contribution in [0.2, 0.25) is 0 Å². The molecule has 2 unspecified atom stereocenters. The minimum absolute atomic E-state index is 0.00135. The van der Waals surface area contributed by atoms with Gasteiger partial charge in [0.15, 0.2) is 0 Å². The van der Waals surface area contributed by atoms with Crippen molar-refractivity contribution < 1.29 is 13.2 Å². The first-order valence-electron chi connectivity index (χ1n) is 8.60. The van der Waals surface area contributed by atoms with Crippen molar-refractivity contribution in [2.75, 3.05) is 13.2 Å². The van der Waals surface area contributed by atoms with Gasteiger partial charge in [0, 0.05) is 5.92 Å². The number of hydrogen-bond donors (Lipinski definition) is 1. The Morgan fingerprint density at radius 1 is 1.04 bits per heavy atom. The summed E-state index contributed by atoms with van der Waals surface area (Å²) in [7, 11) is -3.34. The molecule has 0 aromatic heterocycles. The molecule has 0 amide bonds. The molecule has 0 saturated carbocycles. The van der Waals surface area contributed by atoms with Gasteiger partial charge in [-0.2, -0.15) is 5.26 Å². The summed E-state index contributed by atoms with van der Waals surface area (Å²) in [5.41, 5.74) is 3.77. The van der Waals surface area contributed by atoms with Crippen molar-refractivity contribution in [2.45, 2.75) is 31.1 Å². The number of benzene rings is 2. The number of nitrogens with one attached hydrogen (secondary N) is 1. The van der Waals surface area contributed by atoms with E-state index in [2.05, 4.69) is 10.8 Å². The predicted molar refractivity (Wildman–Crippen MR) is 101 cm³/mol. The Hall–Kier alpha value is -2.20. The van der Waals surface area contributed by atoms with Crippen molar-refractivity contribution in [1.82, 2.24) is 4.72 Å². The molecule has 0 radical (unpaired) electrons. The van der Waals surface area contributed by atoms with Gasteiger partial charge < -0.3 is 4.74 Å². The lowest BCUT2D eigenvalue weighted by molar-refractivity contribution is 0.189. The number of nitrogens with zero attached hydrogens (tertiary/aromatic N) is 1. The molecule has 0 spiro atoms. The molecular formula is C20H22N2O3S. The van der Waals surface area contributed by atoms with E-state index >= 15 is 0 Å². The maximum atomic E-state index is 12.2. The topological polar surface area (TPSA) is 79.2 Å². The van der Waals surface area contributed by atoms with E-state index in [9.17, 15) is 8.42 Å². The highest BCUT2D eigenvalue weighted by Crippen LogP contribution is 2.29. The normalized spacial score (nSPS) is 20.2.